The molecule has 9 heteroatoms. The van der Waals surface area contributed by atoms with E-state index in [1.54, 1.807) is 50.2 Å². The van der Waals surface area contributed by atoms with Gasteiger partial charge in [-0.1, -0.05) is 12.1 Å². The topological polar surface area (TPSA) is 118 Å². The van der Waals surface area contributed by atoms with Crippen molar-refractivity contribution in [3.05, 3.63) is 47.5 Å². The van der Waals surface area contributed by atoms with E-state index in [0.29, 0.717) is 22.7 Å². The lowest BCUT2D eigenvalue weighted by molar-refractivity contribution is 0.167. The highest BCUT2D eigenvalue weighted by Gasteiger charge is 2.11. The fourth-order valence-corrected chi connectivity index (χ4v) is 2.51. The second kappa shape index (κ2) is 10.7. The summed E-state index contributed by atoms with van der Waals surface area (Å²) in [7, 11) is 0. The van der Waals surface area contributed by atoms with E-state index < -0.39 is 18.2 Å². The number of nitrogens with one attached hydrogen (secondary N) is 4. The number of ether oxygens (including phenoxy) is 2. The van der Waals surface area contributed by atoms with Crippen LogP contribution in [0.25, 0.3) is 0 Å². The monoisotopic (exact) mass is 414 g/mol. The SMILES string of the molecule is CCOC(=O)Nc1ccc(C)c(NC(=O)Nc2cc(NC(=O)OCC)ccc2C)c1. The number of aryl methyl sites for hydroxylation is 2. The van der Waals surface area contributed by atoms with Gasteiger partial charge in [0.15, 0.2) is 0 Å². The molecule has 0 radical (unpaired) electrons. The Balaban J connectivity index is 2.08. The van der Waals surface area contributed by atoms with Gasteiger partial charge in [0, 0.05) is 22.7 Å². The molecule has 0 spiro atoms. The fourth-order valence-electron chi connectivity index (χ4n) is 2.51. The van der Waals surface area contributed by atoms with Crippen molar-refractivity contribution in [1.29, 1.82) is 0 Å². The predicted molar refractivity (Wildman–Crippen MR) is 116 cm³/mol. The van der Waals surface area contributed by atoms with Gasteiger partial charge in [0.25, 0.3) is 0 Å². The normalized spacial score (nSPS) is 10.0. The van der Waals surface area contributed by atoms with Gasteiger partial charge < -0.3 is 20.1 Å². The molecule has 2 aromatic rings. The van der Waals surface area contributed by atoms with E-state index in [9.17, 15) is 14.4 Å². The molecule has 4 N–H and O–H groups in total. The summed E-state index contributed by atoms with van der Waals surface area (Å²) in [5.74, 6) is 0. The van der Waals surface area contributed by atoms with Crippen LogP contribution in [0.5, 0.6) is 0 Å². The third-order valence-electron chi connectivity index (χ3n) is 4.02. The maximum atomic E-state index is 12.5. The van der Waals surface area contributed by atoms with Gasteiger partial charge in [-0.2, -0.15) is 0 Å². The van der Waals surface area contributed by atoms with E-state index in [2.05, 4.69) is 21.3 Å². The van der Waals surface area contributed by atoms with Gasteiger partial charge in [-0.25, -0.2) is 14.4 Å². The van der Waals surface area contributed by atoms with Gasteiger partial charge in [-0.3, -0.25) is 10.6 Å². The third-order valence-corrected chi connectivity index (χ3v) is 4.02. The lowest BCUT2D eigenvalue weighted by atomic mass is 10.1. The molecular formula is C21H26N4O5. The van der Waals surface area contributed by atoms with Crippen LogP contribution in [0.1, 0.15) is 25.0 Å². The fraction of sp³-hybridized carbons (Fsp3) is 0.286. The number of hydrogen-bond acceptors (Lipinski definition) is 5. The van der Waals surface area contributed by atoms with Crippen LogP contribution in [0, 0.1) is 13.8 Å². The van der Waals surface area contributed by atoms with Gasteiger partial charge in [0.1, 0.15) is 0 Å². The van der Waals surface area contributed by atoms with Crippen molar-refractivity contribution < 1.29 is 23.9 Å². The molecule has 4 amide bonds. The molecule has 0 saturated carbocycles. The maximum Gasteiger partial charge on any atom is 0.411 e. The molecule has 160 valence electrons. The minimum atomic E-state index is -0.571. The summed E-state index contributed by atoms with van der Waals surface area (Å²) in [6.07, 6.45) is -1.14. The van der Waals surface area contributed by atoms with Gasteiger partial charge in [-0.05, 0) is 63.1 Å². The zero-order valence-corrected chi connectivity index (χ0v) is 17.4. The lowest BCUT2D eigenvalue weighted by Gasteiger charge is -2.14. The summed E-state index contributed by atoms with van der Waals surface area (Å²) in [5, 5.41) is 10.7. The van der Waals surface area contributed by atoms with E-state index in [0.717, 1.165) is 11.1 Å². The van der Waals surface area contributed by atoms with E-state index in [1.807, 2.05) is 13.8 Å². The number of benzene rings is 2. The molecular weight excluding hydrogens is 388 g/mol. The molecule has 2 rings (SSSR count). The zero-order valence-electron chi connectivity index (χ0n) is 17.4. The largest absolute Gasteiger partial charge is 0.450 e. The molecule has 0 saturated heterocycles. The number of anilines is 4. The van der Waals surface area contributed by atoms with Gasteiger partial charge in [0.05, 0.1) is 13.2 Å². The highest BCUT2D eigenvalue weighted by atomic mass is 16.6. The highest BCUT2D eigenvalue weighted by molar-refractivity contribution is 6.01. The lowest BCUT2D eigenvalue weighted by Crippen LogP contribution is -2.21. The number of carbonyl (C=O) groups excluding carboxylic acids is 3. The predicted octanol–water partition coefficient (Wildman–Crippen LogP) is 5.08. The van der Waals surface area contributed by atoms with Crippen LogP contribution in [0.4, 0.5) is 37.1 Å². The van der Waals surface area contributed by atoms with Crippen LogP contribution < -0.4 is 21.3 Å². The smallest absolute Gasteiger partial charge is 0.411 e. The average molecular weight is 414 g/mol. The standard InChI is InChI=1S/C21H26N4O5/c1-5-29-20(27)22-15-9-7-13(3)17(11-15)24-19(26)25-18-12-16(10-8-14(18)4)23-21(28)30-6-2/h7-12H,5-6H2,1-4H3,(H,22,27)(H,23,28)(H2,24,25,26). The maximum absolute atomic E-state index is 12.5. The molecule has 0 aliphatic rings. The average Bonchev–Trinajstić information content (AvgIpc) is 2.67. The van der Waals surface area contributed by atoms with Crippen LogP contribution in [0.3, 0.4) is 0 Å². The molecule has 30 heavy (non-hydrogen) atoms. The van der Waals surface area contributed by atoms with Gasteiger partial charge >= 0.3 is 18.2 Å². The molecule has 0 aliphatic carbocycles. The first-order chi connectivity index (χ1) is 14.3. The first-order valence-corrected chi connectivity index (χ1v) is 9.49. The number of hydrogen-bond donors (Lipinski definition) is 4. The summed E-state index contributed by atoms with van der Waals surface area (Å²) in [4.78, 5) is 35.7. The minimum Gasteiger partial charge on any atom is -0.450 e. The summed E-state index contributed by atoms with van der Waals surface area (Å²) in [6.45, 7) is 7.61. The Kier molecular flexibility index (Phi) is 8.04. The molecule has 9 nitrogen and oxygen atoms in total. The Morgan fingerprint density at radius 2 is 1.10 bits per heavy atom. The van der Waals surface area contributed by atoms with Crippen molar-refractivity contribution in [1.82, 2.24) is 0 Å². The number of amides is 4. The summed E-state index contributed by atoms with van der Waals surface area (Å²) < 4.78 is 9.71. The van der Waals surface area contributed by atoms with Crippen molar-refractivity contribution in [2.75, 3.05) is 34.5 Å². The molecule has 0 heterocycles. The Morgan fingerprint density at radius 1 is 0.700 bits per heavy atom. The number of urea groups is 1. The Labute approximate surface area is 175 Å². The van der Waals surface area contributed by atoms with Crippen molar-refractivity contribution >= 4 is 41.0 Å². The van der Waals surface area contributed by atoms with Crippen LogP contribution >= 0.6 is 0 Å². The molecule has 2 aromatic carbocycles. The Hall–Kier alpha value is -3.75. The van der Waals surface area contributed by atoms with Crippen LogP contribution in [0.2, 0.25) is 0 Å². The number of rotatable bonds is 6. The van der Waals surface area contributed by atoms with Gasteiger partial charge in [0.2, 0.25) is 0 Å². The van der Waals surface area contributed by atoms with E-state index >= 15 is 0 Å². The van der Waals surface area contributed by atoms with Crippen molar-refractivity contribution in [3.8, 4) is 0 Å². The van der Waals surface area contributed by atoms with Crippen molar-refractivity contribution in [3.63, 3.8) is 0 Å². The van der Waals surface area contributed by atoms with Crippen LogP contribution in [-0.2, 0) is 9.47 Å². The summed E-state index contributed by atoms with van der Waals surface area (Å²) >= 11 is 0. The third kappa shape index (κ3) is 6.69. The minimum absolute atomic E-state index is 0.259. The quantitative estimate of drug-likeness (QED) is 0.525. The number of carbonyl (C=O) groups is 3. The van der Waals surface area contributed by atoms with Crippen molar-refractivity contribution in [2.45, 2.75) is 27.7 Å². The second-order valence-electron chi connectivity index (χ2n) is 6.33. The van der Waals surface area contributed by atoms with Crippen molar-refractivity contribution in [2.24, 2.45) is 0 Å². The van der Waals surface area contributed by atoms with Crippen LogP contribution in [-0.4, -0.2) is 31.4 Å². The van der Waals surface area contributed by atoms with Gasteiger partial charge in [-0.15, -0.1) is 0 Å². The van der Waals surface area contributed by atoms with E-state index in [4.69, 9.17) is 9.47 Å². The molecule has 0 atom stereocenters. The first-order valence-electron chi connectivity index (χ1n) is 9.49. The van der Waals surface area contributed by atoms with Crippen LogP contribution in [0.15, 0.2) is 36.4 Å². The Morgan fingerprint density at radius 3 is 1.47 bits per heavy atom. The Bertz CT molecular complexity index is 856. The van der Waals surface area contributed by atoms with E-state index in [-0.39, 0.29) is 13.2 Å². The first kappa shape index (κ1) is 22.5. The zero-order chi connectivity index (χ0) is 22.1. The summed E-state index contributed by atoms with van der Waals surface area (Å²) in [5.41, 5.74) is 3.67. The van der Waals surface area contributed by atoms with E-state index in [1.165, 1.54) is 0 Å². The highest BCUT2D eigenvalue weighted by Crippen LogP contribution is 2.23. The molecule has 0 bridgehead atoms. The molecule has 0 unspecified atom stereocenters. The second-order valence-corrected chi connectivity index (χ2v) is 6.33. The summed E-state index contributed by atoms with van der Waals surface area (Å²) in [6, 6.07) is 9.77. The molecule has 0 aliphatic heterocycles. The molecule has 0 fully saturated rings. The molecule has 0 aromatic heterocycles.